The number of ether oxygens (including phenoxy) is 3. The van der Waals surface area contributed by atoms with Crippen molar-refractivity contribution in [2.24, 2.45) is 0 Å². The van der Waals surface area contributed by atoms with Gasteiger partial charge in [0.25, 0.3) is 0 Å². The van der Waals surface area contributed by atoms with E-state index in [-0.39, 0.29) is 5.97 Å². The molecular formula is C30H30O5S. The number of rotatable bonds is 7. The van der Waals surface area contributed by atoms with Crippen molar-refractivity contribution in [1.82, 2.24) is 0 Å². The normalized spacial score (nSPS) is 12.6. The van der Waals surface area contributed by atoms with Gasteiger partial charge < -0.3 is 19.3 Å². The van der Waals surface area contributed by atoms with Gasteiger partial charge in [0.05, 0.1) is 18.1 Å². The topological polar surface area (TPSA) is 65.0 Å². The smallest absolute Gasteiger partial charge is 0.331 e. The summed E-state index contributed by atoms with van der Waals surface area (Å²) in [5.74, 6) is 1.77. The van der Waals surface area contributed by atoms with Gasteiger partial charge in [-0.2, -0.15) is 0 Å². The van der Waals surface area contributed by atoms with E-state index in [0.717, 1.165) is 43.2 Å². The minimum Gasteiger partial charge on any atom is -0.497 e. The summed E-state index contributed by atoms with van der Waals surface area (Å²) in [5.41, 5.74) is 2.09. The summed E-state index contributed by atoms with van der Waals surface area (Å²) in [6.07, 6.45) is 2.52. The number of fused-ring (bicyclic) bond motifs is 1. The molecule has 0 radical (unpaired) electrons. The first-order valence-electron chi connectivity index (χ1n) is 11.7. The Morgan fingerprint density at radius 1 is 1.00 bits per heavy atom. The van der Waals surface area contributed by atoms with Gasteiger partial charge in [-0.1, -0.05) is 36.4 Å². The van der Waals surface area contributed by atoms with Crippen LogP contribution in [0, 0.1) is 0 Å². The fourth-order valence-electron chi connectivity index (χ4n) is 3.79. The Labute approximate surface area is 215 Å². The van der Waals surface area contributed by atoms with Crippen LogP contribution in [0.2, 0.25) is 0 Å². The third-order valence-electron chi connectivity index (χ3n) is 5.43. The minimum atomic E-state index is -0.621. The van der Waals surface area contributed by atoms with Gasteiger partial charge in [0, 0.05) is 21.7 Å². The molecule has 4 aromatic rings. The first-order chi connectivity index (χ1) is 17.1. The van der Waals surface area contributed by atoms with Crippen molar-refractivity contribution >= 4 is 33.5 Å². The number of hydrogen-bond acceptors (Lipinski definition) is 6. The van der Waals surface area contributed by atoms with E-state index in [1.165, 1.54) is 6.08 Å². The quantitative estimate of drug-likeness (QED) is 0.206. The Morgan fingerprint density at radius 2 is 1.69 bits per heavy atom. The predicted octanol–water partition coefficient (Wildman–Crippen LogP) is 7.78. The van der Waals surface area contributed by atoms with Crippen LogP contribution in [0.5, 0.6) is 17.2 Å². The van der Waals surface area contributed by atoms with Gasteiger partial charge in [0.2, 0.25) is 0 Å². The van der Waals surface area contributed by atoms with Crippen molar-refractivity contribution in [1.29, 1.82) is 0 Å². The average Bonchev–Trinajstić information content (AvgIpc) is 3.19. The van der Waals surface area contributed by atoms with Crippen molar-refractivity contribution in [2.75, 3.05) is 7.11 Å². The molecule has 0 aliphatic heterocycles. The molecule has 1 atom stereocenters. The lowest BCUT2D eigenvalue weighted by Crippen LogP contribution is -2.22. The average molecular weight is 503 g/mol. The van der Waals surface area contributed by atoms with Crippen molar-refractivity contribution in [2.45, 2.75) is 39.4 Å². The molecule has 3 aromatic carbocycles. The van der Waals surface area contributed by atoms with Crippen LogP contribution in [-0.4, -0.2) is 23.8 Å². The molecule has 1 aromatic heterocycles. The van der Waals surface area contributed by atoms with Gasteiger partial charge in [0.15, 0.2) is 5.75 Å². The SMILES string of the molecule is COc1ccc2c(Oc3ccc(/C=C/C(=O)OC(C)(C)C)cc3)c(-c3ccccc3C(C)O)sc2c1. The zero-order valence-corrected chi connectivity index (χ0v) is 21.9. The van der Waals surface area contributed by atoms with Crippen LogP contribution < -0.4 is 9.47 Å². The molecule has 0 bridgehead atoms. The van der Waals surface area contributed by atoms with E-state index < -0.39 is 11.7 Å². The lowest BCUT2D eigenvalue weighted by atomic mass is 10.0. The molecule has 4 rings (SSSR count). The van der Waals surface area contributed by atoms with Gasteiger partial charge in [-0.05, 0) is 75.2 Å². The van der Waals surface area contributed by atoms with Crippen molar-refractivity contribution in [3.05, 3.63) is 83.9 Å². The molecule has 1 heterocycles. The maximum atomic E-state index is 12.0. The Hall–Kier alpha value is -3.61. The van der Waals surface area contributed by atoms with Crippen LogP contribution in [0.3, 0.4) is 0 Å². The zero-order chi connectivity index (χ0) is 25.9. The fourth-order valence-corrected chi connectivity index (χ4v) is 5.00. The Balaban J connectivity index is 1.68. The predicted molar refractivity (Wildman–Crippen MR) is 146 cm³/mol. The molecule has 0 aliphatic rings. The number of carbonyl (C=O) groups is 1. The third-order valence-corrected chi connectivity index (χ3v) is 6.59. The van der Waals surface area contributed by atoms with E-state index >= 15 is 0 Å². The number of thiophene rings is 1. The van der Waals surface area contributed by atoms with Crippen LogP contribution in [0.1, 0.15) is 44.9 Å². The number of benzene rings is 3. The van der Waals surface area contributed by atoms with Gasteiger partial charge >= 0.3 is 5.97 Å². The molecule has 6 heteroatoms. The highest BCUT2D eigenvalue weighted by atomic mass is 32.1. The standard InChI is InChI=1S/C30H30O5S/c1-19(31)23-8-6-7-9-24(23)29-28(25-16-15-22(33-5)18-26(25)36-29)34-21-13-10-20(11-14-21)12-17-27(32)35-30(2,3)4/h6-19,31H,1-5H3/b17-12+. The van der Waals surface area contributed by atoms with Gasteiger partial charge in [-0.3, -0.25) is 0 Å². The summed E-state index contributed by atoms with van der Waals surface area (Å²) in [7, 11) is 1.65. The lowest BCUT2D eigenvalue weighted by molar-refractivity contribution is -0.148. The number of aliphatic hydroxyl groups is 1. The third kappa shape index (κ3) is 5.96. The molecule has 186 valence electrons. The molecule has 0 fully saturated rings. The molecule has 1 unspecified atom stereocenters. The fraction of sp³-hybridized carbons (Fsp3) is 0.233. The van der Waals surface area contributed by atoms with Crippen LogP contribution in [0.25, 0.3) is 26.6 Å². The highest BCUT2D eigenvalue weighted by Crippen LogP contribution is 2.48. The van der Waals surface area contributed by atoms with E-state index in [0.29, 0.717) is 5.75 Å². The molecule has 0 saturated heterocycles. The largest absolute Gasteiger partial charge is 0.497 e. The van der Waals surface area contributed by atoms with Crippen LogP contribution in [-0.2, 0) is 9.53 Å². The minimum absolute atomic E-state index is 0.385. The second-order valence-corrected chi connectivity index (χ2v) is 10.5. The first-order valence-corrected chi connectivity index (χ1v) is 12.5. The molecule has 0 amide bonds. The Kier molecular flexibility index (Phi) is 7.48. The van der Waals surface area contributed by atoms with E-state index in [9.17, 15) is 9.90 Å². The number of methoxy groups -OCH3 is 1. The molecule has 0 aliphatic carbocycles. The van der Waals surface area contributed by atoms with E-state index in [1.54, 1.807) is 31.4 Å². The maximum absolute atomic E-state index is 12.0. The molecule has 36 heavy (non-hydrogen) atoms. The number of hydrogen-bond donors (Lipinski definition) is 1. The summed E-state index contributed by atoms with van der Waals surface area (Å²) >= 11 is 1.60. The number of carbonyl (C=O) groups excluding carboxylic acids is 1. The zero-order valence-electron chi connectivity index (χ0n) is 21.1. The first kappa shape index (κ1) is 25.5. The summed E-state index contributed by atoms with van der Waals surface area (Å²) in [6, 6.07) is 21.2. The maximum Gasteiger partial charge on any atom is 0.331 e. The summed E-state index contributed by atoms with van der Waals surface area (Å²) in [6.45, 7) is 7.27. The molecule has 5 nitrogen and oxygen atoms in total. The van der Waals surface area contributed by atoms with Crippen molar-refractivity contribution in [3.8, 4) is 27.7 Å². The van der Waals surface area contributed by atoms with Crippen LogP contribution >= 0.6 is 11.3 Å². The summed E-state index contributed by atoms with van der Waals surface area (Å²) in [4.78, 5) is 12.9. The Morgan fingerprint density at radius 3 is 2.36 bits per heavy atom. The number of aliphatic hydroxyl groups excluding tert-OH is 1. The van der Waals surface area contributed by atoms with Gasteiger partial charge in [-0.25, -0.2) is 4.79 Å². The van der Waals surface area contributed by atoms with E-state index in [2.05, 4.69) is 0 Å². The summed E-state index contributed by atoms with van der Waals surface area (Å²) < 4.78 is 18.2. The highest BCUT2D eigenvalue weighted by molar-refractivity contribution is 7.22. The van der Waals surface area contributed by atoms with Crippen molar-refractivity contribution in [3.63, 3.8) is 0 Å². The lowest BCUT2D eigenvalue weighted by Gasteiger charge is -2.17. The van der Waals surface area contributed by atoms with E-state index in [1.807, 2.05) is 87.5 Å². The van der Waals surface area contributed by atoms with Crippen LogP contribution in [0.4, 0.5) is 0 Å². The van der Waals surface area contributed by atoms with Gasteiger partial charge in [0.1, 0.15) is 17.1 Å². The number of esters is 1. The molecule has 0 saturated carbocycles. The van der Waals surface area contributed by atoms with Gasteiger partial charge in [-0.15, -0.1) is 11.3 Å². The summed E-state index contributed by atoms with van der Waals surface area (Å²) in [5, 5.41) is 11.4. The second-order valence-electron chi connectivity index (χ2n) is 9.42. The second kappa shape index (κ2) is 10.6. The molecular weight excluding hydrogens is 472 g/mol. The monoisotopic (exact) mass is 502 g/mol. The van der Waals surface area contributed by atoms with Crippen molar-refractivity contribution < 1.29 is 24.1 Å². The molecule has 1 N–H and O–H groups in total. The van der Waals surface area contributed by atoms with E-state index in [4.69, 9.17) is 14.2 Å². The van der Waals surface area contributed by atoms with Crippen LogP contribution in [0.15, 0.2) is 72.8 Å². The highest BCUT2D eigenvalue weighted by Gasteiger charge is 2.20. The Bertz CT molecular complexity index is 1390. The molecule has 0 spiro atoms.